The molecule has 1 aliphatic carbocycles. The van der Waals surface area contributed by atoms with Gasteiger partial charge in [0.15, 0.2) is 0 Å². The summed E-state index contributed by atoms with van der Waals surface area (Å²) in [5, 5.41) is 8.50. The van der Waals surface area contributed by atoms with Crippen molar-refractivity contribution in [3.63, 3.8) is 0 Å². The van der Waals surface area contributed by atoms with Gasteiger partial charge >= 0.3 is 6.36 Å². The summed E-state index contributed by atoms with van der Waals surface area (Å²) in [4.78, 5) is 65.8. The fraction of sp³-hybridized carbons (Fsp3) is 0.458. The fourth-order valence-electron chi connectivity index (χ4n) is 9.36. The van der Waals surface area contributed by atoms with E-state index in [-0.39, 0.29) is 47.1 Å². The Morgan fingerprint density at radius 1 is 0.769 bits per heavy atom. The molecule has 3 N–H and O–H groups in total. The maximum atomic E-state index is 13.5. The molecule has 1 atom stereocenters. The van der Waals surface area contributed by atoms with Gasteiger partial charge in [-0.2, -0.15) is 0 Å². The molecule has 8 rings (SSSR count). The molecule has 0 radical (unpaired) electrons. The Kier molecular flexibility index (Phi) is 14.5. The van der Waals surface area contributed by atoms with Gasteiger partial charge in [-0.3, -0.25) is 29.4 Å². The second-order valence-corrected chi connectivity index (χ2v) is 17.3. The van der Waals surface area contributed by atoms with Crippen LogP contribution in [-0.2, 0) is 19.2 Å². The number of amides is 4. The van der Waals surface area contributed by atoms with Gasteiger partial charge in [0.2, 0.25) is 23.6 Å². The topological polar surface area (TPSA) is 158 Å². The summed E-state index contributed by atoms with van der Waals surface area (Å²) in [5.74, 6) is 0.789. The SMILES string of the molecule is O=C1CC[C@@H](c2ccc(N3CCC(CN4CCN(C(=O)C5CCC(C(=O)NCCOc6ccc(-c7cc(Nc8ccc(OC(F)(F)F)cc8)ncn7)cc6)CC5)CC4)CC3)cc2)C(=O)N1. The highest BCUT2D eigenvalue weighted by Gasteiger charge is 2.34. The van der Waals surface area contributed by atoms with Crippen LogP contribution in [0.4, 0.5) is 30.4 Å². The van der Waals surface area contributed by atoms with Crippen LogP contribution in [-0.4, -0.2) is 109 Å². The largest absolute Gasteiger partial charge is 0.573 e. The fourth-order valence-corrected chi connectivity index (χ4v) is 9.36. The predicted molar refractivity (Wildman–Crippen MR) is 237 cm³/mol. The number of carbonyl (C=O) groups is 4. The summed E-state index contributed by atoms with van der Waals surface area (Å²) in [5.41, 5.74) is 4.09. The molecule has 17 heteroatoms. The highest BCUT2D eigenvalue weighted by molar-refractivity contribution is 6.01. The Bertz CT molecular complexity index is 2260. The number of carbonyl (C=O) groups excluding carboxylic acids is 4. The van der Waals surface area contributed by atoms with Gasteiger partial charge in [-0.1, -0.05) is 12.1 Å². The lowest BCUT2D eigenvalue weighted by molar-refractivity contribution is -0.274. The molecule has 3 aromatic carbocycles. The molecule has 4 aliphatic rings. The van der Waals surface area contributed by atoms with E-state index < -0.39 is 6.36 Å². The Labute approximate surface area is 376 Å². The molecule has 3 aliphatic heterocycles. The van der Waals surface area contributed by atoms with Crippen LogP contribution in [0.3, 0.4) is 0 Å². The highest BCUT2D eigenvalue weighted by Crippen LogP contribution is 2.33. The molecule has 0 unspecified atom stereocenters. The predicted octanol–water partition coefficient (Wildman–Crippen LogP) is 6.67. The van der Waals surface area contributed by atoms with Gasteiger partial charge in [-0.15, -0.1) is 13.2 Å². The Morgan fingerprint density at radius 3 is 2.12 bits per heavy atom. The van der Waals surface area contributed by atoms with Crippen molar-refractivity contribution >= 4 is 40.8 Å². The molecule has 1 saturated carbocycles. The molecular formula is C48H55F3N8O6. The summed E-state index contributed by atoms with van der Waals surface area (Å²) in [7, 11) is 0. The first-order valence-electron chi connectivity index (χ1n) is 22.6. The second kappa shape index (κ2) is 20.7. The number of nitrogens with one attached hydrogen (secondary N) is 3. The zero-order valence-corrected chi connectivity index (χ0v) is 36.2. The molecule has 344 valence electrons. The number of anilines is 3. The standard InChI is InChI=1S/C48H55F3N8O6/c49-48(50,51)65-40-15-9-37(10-16-40)55-43-29-42(53-31-54-43)34-7-13-39(14-8-34)64-28-21-52-45(61)35-1-3-36(4-2-35)47(63)59-26-24-57(25-27-59)30-32-19-22-58(23-20-32)38-11-5-33(6-12-38)41-17-18-44(60)56-46(41)62/h5-16,29,31-32,35-36,41H,1-4,17-28,30H2,(H,52,61)(H,53,54,55)(H,56,60,62)/t35?,36?,41-/m0/s1. The molecular weight excluding hydrogens is 842 g/mol. The van der Waals surface area contributed by atoms with Crippen molar-refractivity contribution in [2.75, 3.05) is 69.2 Å². The quantitative estimate of drug-likeness (QED) is 0.0918. The van der Waals surface area contributed by atoms with Crippen LogP contribution in [0.25, 0.3) is 11.3 Å². The molecule has 1 aromatic heterocycles. The van der Waals surface area contributed by atoms with E-state index in [2.05, 4.69) is 52.6 Å². The first-order chi connectivity index (χ1) is 31.4. The van der Waals surface area contributed by atoms with Crippen molar-refractivity contribution in [2.45, 2.75) is 63.6 Å². The Morgan fingerprint density at radius 2 is 1.45 bits per heavy atom. The number of ether oxygens (including phenoxy) is 2. The molecule has 0 bridgehead atoms. The molecule has 4 aromatic rings. The molecule has 14 nitrogen and oxygen atoms in total. The molecule has 65 heavy (non-hydrogen) atoms. The van der Waals surface area contributed by atoms with E-state index in [9.17, 15) is 32.3 Å². The lowest BCUT2D eigenvalue weighted by Gasteiger charge is -2.40. The number of aromatic nitrogens is 2. The van der Waals surface area contributed by atoms with Crippen molar-refractivity contribution < 1.29 is 41.8 Å². The van der Waals surface area contributed by atoms with Crippen LogP contribution < -0.4 is 30.3 Å². The summed E-state index contributed by atoms with van der Waals surface area (Å²) in [6.45, 7) is 6.92. The molecule has 3 saturated heterocycles. The third-order valence-electron chi connectivity index (χ3n) is 13.0. The smallest absolute Gasteiger partial charge is 0.492 e. The van der Waals surface area contributed by atoms with E-state index >= 15 is 0 Å². The van der Waals surface area contributed by atoms with Crippen LogP contribution in [0.2, 0.25) is 0 Å². The van der Waals surface area contributed by atoms with Gasteiger partial charge in [0.05, 0.1) is 18.2 Å². The minimum atomic E-state index is -4.76. The van der Waals surface area contributed by atoms with Crippen LogP contribution in [0.15, 0.2) is 85.2 Å². The van der Waals surface area contributed by atoms with Crippen LogP contribution in [0.5, 0.6) is 11.5 Å². The average Bonchev–Trinajstić information content (AvgIpc) is 3.31. The summed E-state index contributed by atoms with van der Waals surface area (Å²) in [6.07, 6.45) is 2.60. The zero-order valence-electron chi connectivity index (χ0n) is 36.2. The number of benzene rings is 3. The average molecular weight is 897 g/mol. The summed E-state index contributed by atoms with van der Waals surface area (Å²) < 4.78 is 47.2. The van der Waals surface area contributed by atoms with Gasteiger partial charge in [0.25, 0.3) is 0 Å². The molecule has 4 heterocycles. The van der Waals surface area contributed by atoms with Crippen LogP contribution in [0, 0.1) is 17.8 Å². The Balaban J connectivity index is 0.686. The summed E-state index contributed by atoms with van der Waals surface area (Å²) >= 11 is 0. The first-order valence-corrected chi connectivity index (χ1v) is 22.6. The van der Waals surface area contributed by atoms with E-state index in [1.807, 2.05) is 41.3 Å². The van der Waals surface area contributed by atoms with Crippen LogP contribution in [0.1, 0.15) is 62.8 Å². The summed E-state index contributed by atoms with van der Waals surface area (Å²) in [6, 6.07) is 22.6. The van der Waals surface area contributed by atoms with Crippen molar-refractivity contribution in [1.82, 2.24) is 30.4 Å². The highest BCUT2D eigenvalue weighted by atomic mass is 19.4. The minimum Gasteiger partial charge on any atom is -0.492 e. The first kappa shape index (κ1) is 45.3. The number of piperidine rings is 2. The van der Waals surface area contributed by atoms with Crippen LogP contribution >= 0.6 is 0 Å². The van der Waals surface area contributed by atoms with E-state index in [0.717, 1.165) is 82.6 Å². The number of hydrogen-bond acceptors (Lipinski definition) is 11. The van der Waals surface area contributed by atoms with Crippen molar-refractivity contribution in [2.24, 2.45) is 17.8 Å². The molecule has 4 amide bonds. The second-order valence-electron chi connectivity index (χ2n) is 17.3. The van der Waals surface area contributed by atoms with Gasteiger partial charge in [0.1, 0.15) is 30.3 Å². The third kappa shape index (κ3) is 12.3. The molecule has 4 fully saturated rings. The number of rotatable bonds is 14. The van der Waals surface area contributed by atoms with Gasteiger partial charge in [-0.05, 0) is 117 Å². The number of alkyl halides is 3. The van der Waals surface area contributed by atoms with Crippen molar-refractivity contribution in [3.8, 4) is 22.8 Å². The number of imide groups is 1. The van der Waals surface area contributed by atoms with Gasteiger partial charge < -0.3 is 29.9 Å². The maximum Gasteiger partial charge on any atom is 0.573 e. The van der Waals surface area contributed by atoms with Gasteiger partial charge in [0, 0.05) is 87.1 Å². The van der Waals surface area contributed by atoms with Crippen molar-refractivity contribution in [3.05, 3.63) is 90.8 Å². The molecule has 0 spiro atoms. The van der Waals surface area contributed by atoms with E-state index in [1.54, 1.807) is 6.07 Å². The van der Waals surface area contributed by atoms with E-state index in [0.29, 0.717) is 67.7 Å². The normalized spacial score (nSPS) is 21.1. The number of piperazine rings is 1. The van der Waals surface area contributed by atoms with E-state index in [4.69, 9.17) is 4.74 Å². The number of nitrogens with zero attached hydrogens (tertiary/aromatic N) is 5. The van der Waals surface area contributed by atoms with Gasteiger partial charge in [-0.25, -0.2) is 9.97 Å². The third-order valence-corrected chi connectivity index (χ3v) is 13.0. The maximum absolute atomic E-state index is 13.5. The number of halogens is 3. The lowest BCUT2D eigenvalue weighted by Crippen LogP contribution is -2.52. The minimum absolute atomic E-state index is 0.00395. The zero-order chi connectivity index (χ0) is 45.3. The Hall–Kier alpha value is -6.23. The number of hydrogen-bond donors (Lipinski definition) is 3. The monoisotopic (exact) mass is 896 g/mol. The lowest BCUT2D eigenvalue weighted by atomic mass is 9.81. The van der Waals surface area contributed by atoms with Crippen molar-refractivity contribution in [1.29, 1.82) is 0 Å². The van der Waals surface area contributed by atoms with E-state index in [1.165, 1.54) is 36.3 Å².